The fourth-order valence-electron chi connectivity index (χ4n) is 1.98. The number of rotatable bonds is 4. The second-order valence-electron chi connectivity index (χ2n) is 4.60. The minimum absolute atomic E-state index is 0.0470. The molecule has 22 heavy (non-hydrogen) atoms. The van der Waals surface area contributed by atoms with E-state index in [2.05, 4.69) is 15.5 Å². The van der Waals surface area contributed by atoms with Gasteiger partial charge in [0.15, 0.2) is 0 Å². The third-order valence-corrected chi connectivity index (χ3v) is 3.09. The average molecular weight is 292 g/mol. The van der Waals surface area contributed by atoms with E-state index in [9.17, 15) is 10.1 Å². The van der Waals surface area contributed by atoms with Gasteiger partial charge in [0, 0.05) is 17.5 Å². The zero-order valence-electron chi connectivity index (χ0n) is 11.5. The number of para-hydroxylation sites is 1. The maximum atomic E-state index is 10.6. The van der Waals surface area contributed by atoms with Crippen LogP contribution < -0.4 is 5.43 Å². The number of nitro benzene ring substituents is 1. The summed E-state index contributed by atoms with van der Waals surface area (Å²) in [5.74, 6) is 0. The molecule has 6 nitrogen and oxygen atoms in total. The molecule has 3 aromatic rings. The number of hydrogen-bond acceptors (Lipinski definition) is 5. The molecule has 0 fully saturated rings. The van der Waals surface area contributed by atoms with Crippen LogP contribution in [0.4, 0.5) is 11.4 Å². The molecule has 0 amide bonds. The molecule has 108 valence electrons. The summed E-state index contributed by atoms with van der Waals surface area (Å²) in [5, 5.41) is 15.7. The Labute approximate surface area is 126 Å². The molecule has 1 aromatic heterocycles. The van der Waals surface area contributed by atoms with Crippen molar-refractivity contribution in [2.45, 2.75) is 0 Å². The fraction of sp³-hybridized carbons (Fsp3) is 0. The summed E-state index contributed by atoms with van der Waals surface area (Å²) < 4.78 is 0. The van der Waals surface area contributed by atoms with Crippen LogP contribution in [0.5, 0.6) is 0 Å². The largest absolute Gasteiger partial charge is 0.278 e. The van der Waals surface area contributed by atoms with Crippen LogP contribution in [0.1, 0.15) is 5.69 Å². The van der Waals surface area contributed by atoms with Gasteiger partial charge in [-0.25, -0.2) is 4.98 Å². The van der Waals surface area contributed by atoms with Crippen LogP contribution in [0.3, 0.4) is 0 Å². The van der Waals surface area contributed by atoms with Gasteiger partial charge in [0.05, 0.1) is 28.0 Å². The fourth-order valence-corrected chi connectivity index (χ4v) is 1.98. The van der Waals surface area contributed by atoms with E-state index < -0.39 is 4.92 Å². The summed E-state index contributed by atoms with van der Waals surface area (Å²) in [6.45, 7) is 0. The van der Waals surface area contributed by atoms with Gasteiger partial charge >= 0.3 is 0 Å². The minimum atomic E-state index is -0.438. The highest BCUT2D eigenvalue weighted by molar-refractivity contribution is 5.85. The van der Waals surface area contributed by atoms with Crippen molar-refractivity contribution in [3.8, 4) is 0 Å². The lowest BCUT2D eigenvalue weighted by Gasteiger charge is -2.00. The molecule has 0 saturated carbocycles. The molecule has 0 radical (unpaired) electrons. The quantitative estimate of drug-likeness (QED) is 0.452. The first kappa shape index (κ1) is 13.7. The van der Waals surface area contributed by atoms with Gasteiger partial charge in [-0.05, 0) is 24.3 Å². The lowest BCUT2D eigenvalue weighted by molar-refractivity contribution is -0.384. The molecule has 0 spiro atoms. The maximum absolute atomic E-state index is 10.6. The number of anilines is 1. The van der Waals surface area contributed by atoms with Crippen molar-refractivity contribution < 1.29 is 4.92 Å². The van der Waals surface area contributed by atoms with E-state index in [1.807, 2.05) is 36.4 Å². The standard InChI is InChI=1S/C16H12N4O2/c21-20(22)15-9-7-13(8-10-15)19-17-11-14-6-5-12-3-1-2-4-16(12)18-14/h1-11,19H/b17-11+. The van der Waals surface area contributed by atoms with Crippen molar-refractivity contribution >= 4 is 28.5 Å². The smallest absolute Gasteiger partial charge is 0.269 e. The molecule has 1 N–H and O–H groups in total. The highest BCUT2D eigenvalue weighted by Crippen LogP contribution is 2.15. The Morgan fingerprint density at radius 2 is 1.82 bits per heavy atom. The zero-order valence-corrected chi connectivity index (χ0v) is 11.5. The van der Waals surface area contributed by atoms with Crippen molar-refractivity contribution in [1.82, 2.24) is 4.98 Å². The van der Waals surface area contributed by atoms with Crippen LogP contribution in [0.2, 0.25) is 0 Å². The van der Waals surface area contributed by atoms with E-state index in [1.54, 1.807) is 18.3 Å². The second-order valence-corrected chi connectivity index (χ2v) is 4.60. The molecule has 0 unspecified atom stereocenters. The Morgan fingerprint density at radius 1 is 1.05 bits per heavy atom. The van der Waals surface area contributed by atoms with Crippen molar-refractivity contribution in [3.63, 3.8) is 0 Å². The maximum Gasteiger partial charge on any atom is 0.269 e. The number of benzene rings is 2. The SMILES string of the molecule is O=[N+]([O-])c1ccc(N/N=C/c2ccc3ccccc3n2)cc1. The van der Waals surface area contributed by atoms with Crippen molar-refractivity contribution in [3.05, 3.63) is 76.5 Å². The van der Waals surface area contributed by atoms with Crippen LogP contribution in [0.15, 0.2) is 65.8 Å². The Balaban J connectivity index is 1.71. The van der Waals surface area contributed by atoms with E-state index in [0.717, 1.165) is 16.6 Å². The first-order valence-corrected chi connectivity index (χ1v) is 6.62. The average Bonchev–Trinajstić information content (AvgIpc) is 2.55. The zero-order chi connectivity index (χ0) is 15.4. The van der Waals surface area contributed by atoms with Gasteiger partial charge in [-0.2, -0.15) is 5.10 Å². The number of pyridine rings is 1. The molecule has 6 heteroatoms. The summed E-state index contributed by atoms with van der Waals surface area (Å²) >= 11 is 0. The minimum Gasteiger partial charge on any atom is -0.278 e. The van der Waals surface area contributed by atoms with Gasteiger partial charge in [-0.15, -0.1) is 0 Å². The van der Waals surface area contributed by atoms with Crippen LogP contribution in [-0.2, 0) is 0 Å². The summed E-state index contributed by atoms with van der Waals surface area (Å²) in [5.41, 5.74) is 5.16. The first-order chi connectivity index (χ1) is 10.7. The number of nitrogens with one attached hydrogen (secondary N) is 1. The Morgan fingerprint density at radius 3 is 2.59 bits per heavy atom. The number of fused-ring (bicyclic) bond motifs is 1. The van der Waals surface area contributed by atoms with E-state index in [-0.39, 0.29) is 5.69 Å². The van der Waals surface area contributed by atoms with Gasteiger partial charge in [0.2, 0.25) is 0 Å². The highest BCUT2D eigenvalue weighted by Gasteiger charge is 2.02. The third kappa shape index (κ3) is 3.06. The van der Waals surface area contributed by atoms with Gasteiger partial charge in [-0.3, -0.25) is 15.5 Å². The van der Waals surface area contributed by atoms with E-state index in [4.69, 9.17) is 0 Å². The molecule has 0 atom stereocenters. The van der Waals surface area contributed by atoms with E-state index in [1.165, 1.54) is 12.1 Å². The predicted molar refractivity (Wildman–Crippen MR) is 86.1 cm³/mol. The van der Waals surface area contributed by atoms with Crippen molar-refractivity contribution in [2.24, 2.45) is 5.10 Å². The number of aromatic nitrogens is 1. The highest BCUT2D eigenvalue weighted by atomic mass is 16.6. The number of hydrazone groups is 1. The van der Waals surface area contributed by atoms with Crippen molar-refractivity contribution in [1.29, 1.82) is 0 Å². The number of nitrogens with zero attached hydrogens (tertiary/aromatic N) is 3. The van der Waals surface area contributed by atoms with Gasteiger partial charge in [0.25, 0.3) is 5.69 Å². The van der Waals surface area contributed by atoms with E-state index in [0.29, 0.717) is 5.69 Å². The third-order valence-electron chi connectivity index (χ3n) is 3.09. The summed E-state index contributed by atoms with van der Waals surface area (Å²) in [7, 11) is 0. The molecular formula is C16H12N4O2. The van der Waals surface area contributed by atoms with Crippen LogP contribution in [0, 0.1) is 10.1 Å². The molecule has 0 bridgehead atoms. The lowest BCUT2D eigenvalue weighted by Crippen LogP contribution is -1.94. The Kier molecular flexibility index (Phi) is 3.74. The molecule has 0 aliphatic rings. The molecule has 0 aliphatic heterocycles. The summed E-state index contributed by atoms with van der Waals surface area (Å²) in [4.78, 5) is 14.6. The van der Waals surface area contributed by atoms with Crippen LogP contribution in [0.25, 0.3) is 10.9 Å². The van der Waals surface area contributed by atoms with Crippen LogP contribution in [-0.4, -0.2) is 16.1 Å². The molecule has 2 aromatic carbocycles. The van der Waals surface area contributed by atoms with Crippen molar-refractivity contribution in [2.75, 3.05) is 5.43 Å². The predicted octanol–water partition coefficient (Wildman–Crippen LogP) is 3.59. The Hall–Kier alpha value is -3.28. The molecule has 0 saturated heterocycles. The molecular weight excluding hydrogens is 280 g/mol. The Bertz CT molecular complexity index is 844. The molecule has 0 aliphatic carbocycles. The van der Waals surface area contributed by atoms with Gasteiger partial charge in [0.1, 0.15) is 0 Å². The number of hydrogen-bond donors (Lipinski definition) is 1. The monoisotopic (exact) mass is 292 g/mol. The lowest BCUT2D eigenvalue weighted by atomic mass is 10.2. The molecule has 1 heterocycles. The second kappa shape index (κ2) is 6.01. The van der Waals surface area contributed by atoms with Gasteiger partial charge in [-0.1, -0.05) is 24.3 Å². The number of nitro groups is 1. The summed E-state index contributed by atoms with van der Waals surface area (Å²) in [6.07, 6.45) is 1.61. The number of non-ortho nitro benzene ring substituents is 1. The van der Waals surface area contributed by atoms with E-state index >= 15 is 0 Å². The molecule has 3 rings (SSSR count). The normalized spacial score (nSPS) is 10.9. The first-order valence-electron chi connectivity index (χ1n) is 6.62. The summed E-state index contributed by atoms with van der Waals surface area (Å²) in [6, 6.07) is 17.7. The van der Waals surface area contributed by atoms with Crippen LogP contribution >= 0.6 is 0 Å². The van der Waals surface area contributed by atoms with Gasteiger partial charge < -0.3 is 0 Å². The topological polar surface area (TPSA) is 80.4 Å².